The quantitative estimate of drug-likeness (QED) is 0.892. The lowest BCUT2D eigenvalue weighted by Crippen LogP contribution is -2.28. The third-order valence-electron chi connectivity index (χ3n) is 3.55. The van der Waals surface area contributed by atoms with Crippen LogP contribution < -0.4 is 10.6 Å². The van der Waals surface area contributed by atoms with Gasteiger partial charge in [0.05, 0.1) is 6.54 Å². The molecule has 0 fully saturated rings. The first-order valence-electron chi connectivity index (χ1n) is 7.39. The average Bonchev–Trinajstić information content (AvgIpc) is 2.56. The van der Waals surface area contributed by atoms with Crippen molar-refractivity contribution in [2.24, 2.45) is 0 Å². The number of carbonyl (C=O) groups is 2. The Hall–Kier alpha value is -2.82. The summed E-state index contributed by atoms with van der Waals surface area (Å²) in [6.45, 7) is 2.12. The fraction of sp³-hybridized carbons (Fsp3) is 0.222. The molecule has 120 valence electrons. The van der Waals surface area contributed by atoms with Gasteiger partial charge >= 0.3 is 0 Å². The number of amides is 2. The number of likely N-dealkylation sites (N-methyl/N-ethyl adjacent to an activating group) is 1. The first-order chi connectivity index (χ1) is 11.0. The molecule has 0 unspecified atom stereocenters. The molecule has 0 aliphatic rings. The molecule has 0 saturated carbocycles. The highest BCUT2D eigenvalue weighted by atomic mass is 16.2. The van der Waals surface area contributed by atoms with Gasteiger partial charge in [-0.2, -0.15) is 0 Å². The Labute approximate surface area is 136 Å². The Morgan fingerprint density at radius 1 is 0.957 bits per heavy atom. The highest BCUT2D eigenvalue weighted by Gasteiger charge is 2.10. The predicted molar refractivity (Wildman–Crippen MR) is 92.8 cm³/mol. The highest BCUT2D eigenvalue weighted by molar-refractivity contribution is 6.05. The summed E-state index contributed by atoms with van der Waals surface area (Å²) in [5.74, 6) is -0.168. The van der Waals surface area contributed by atoms with Gasteiger partial charge in [-0.15, -0.1) is 0 Å². The Bertz CT molecular complexity index is 697. The Morgan fingerprint density at radius 3 is 2.26 bits per heavy atom. The topological polar surface area (TPSA) is 61.4 Å². The van der Waals surface area contributed by atoms with Crippen molar-refractivity contribution in [1.82, 2.24) is 4.90 Å². The van der Waals surface area contributed by atoms with Crippen molar-refractivity contribution >= 4 is 23.2 Å². The van der Waals surface area contributed by atoms with E-state index in [2.05, 4.69) is 10.6 Å². The first-order valence-corrected chi connectivity index (χ1v) is 7.39. The molecule has 23 heavy (non-hydrogen) atoms. The molecule has 0 aromatic heterocycles. The summed E-state index contributed by atoms with van der Waals surface area (Å²) >= 11 is 0. The molecular weight excluding hydrogens is 290 g/mol. The van der Waals surface area contributed by atoms with Crippen LogP contribution in [0.4, 0.5) is 11.4 Å². The summed E-state index contributed by atoms with van der Waals surface area (Å²) in [5, 5.41) is 6.01. The molecule has 0 radical (unpaired) electrons. The highest BCUT2D eigenvalue weighted by Crippen LogP contribution is 2.23. The molecule has 0 bridgehead atoms. The van der Waals surface area contributed by atoms with Gasteiger partial charge in [-0.05, 0) is 36.8 Å². The van der Waals surface area contributed by atoms with E-state index in [-0.39, 0.29) is 18.4 Å². The van der Waals surface area contributed by atoms with Crippen molar-refractivity contribution in [3.8, 4) is 0 Å². The van der Waals surface area contributed by atoms with Crippen molar-refractivity contribution in [2.75, 3.05) is 31.3 Å². The lowest BCUT2D eigenvalue weighted by molar-refractivity contribution is -0.126. The van der Waals surface area contributed by atoms with E-state index < -0.39 is 0 Å². The van der Waals surface area contributed by atoms with Gasteiger partial charge in [-0.25, -0.2) is 0 Å². The van der Waals surface area contributed by atoms with Crippen LogP contribution in [0.1, 0.15) is 15.9 Å². The molecule has 0 aliphatic heterocycles. The molecule has 2 rings (SSSR count). The molecular formula is C18H21N3O2. The third kappa shape index (κ3) is 4.32. The molecule has 0 atom stereocenters. The van der Waals surface area contributed by atoms with E-state index in [0.717, 1.165) is 16.9 Å². The van der Waals surface area contributed by atoms with Gasteiger partial charge in [-0.3, -0.25) is 9.59 Å². The Balaban J connectivity index is 2.10. The van der Waals surface area contributed by atoms with Crippen molar-refractivity contribution in [2.45, 2.75) is 6.92 Å². The number of rotatable bonds is 5. The standard InChI is InChI=1S/C18H21N3O2/c1-13-15(19-12-17(22)21(2)3)10-7-11-16(13)20-18(23)14-8-5-4-6-9-14/h4-11,19H,12H2,1-3H3,(H,20,23). The van der Waals surface area contributed by atoms with Crippen LogP contribution in [0.15, 0.2) is 48.5 Å². The number of carbonyl (C=O) groups excluding carboxylic acids is 2. The Kier molecular flexibility index (Phi) is 5.36. The zero-order chi connectivity index (χ0) is 16.8. The van der Waals surface area contributed by atoms with Crippen LogP contribution in [0, 0.1) is 6.92 Å². The fourth-order valence-electron chi connectivity index (χ4n) is 2.08. The summed E-state index contributed by atoms with van der Waals surface area (Å²) in [6.07, 6.45) is 0. The van der Waals surface area contributed by atoms with Gasteiger partial charge in [0.1, 0.15) is 0 Å². The van der Waals surface area contributed by atoms with E-state index in [9.17, 15) is 9.59 Å². The fourth-order valence-corrected chi connectivity index (χ4v) is 2.08. The van der Waals surface area contributed by atoms with Crippen LogP contribution >= 0.6 is 0 Å². The molecule has 0 saturated heterocycles. The Morgan fingerprint density at radius 2 is 1.61 bits per heavy atom. The third-order valence-corrected chi connectivity index (χ3v) is 3.55. The second-order valence-corrected chi connectivity index (χ2v) is 5.44. The number of hydrogen-bond donors (Lipinski definition) is 2. The lowest BCUT2D eigenvalue weighted by atomic mass is 10.1. The molecule has 2 aromatic carbocycles. The molecule has 2 aromatic rings. The van der Waals surface area contributed by atoms with E-state index in [0.29, 0.717) is 5.56 Å². The monoisotopic (exact) mass is 311 g/mol. The van der Waals surface area contributed by atoms with Gasteiger partial charge in [0.25, 0.3) is 5.91 Å². The van der Waals surface area contributed by atoms with E-state index in [1.54, 1.807) is 26.2 Å². The smallest absolute Gasteiger partial charge is 0.255 e. The second-order valence-electron chi connectivity index (χ2n) is 5.44. The maximum Gasteiger partial charge on any atom is 0.255 e. The largest absolute Gasteiger partial charge is 0.376 e. The van der Waals surface area contributed by atoms with E-state index in [1.165, 1.54) is 4.90 Å². The summed E-state index contributed by atoms with van der Waals surface area (Å²) in [7, 11) is 3.43. The molecule has 0 aliphatic carbocycles. The maximum atomic E-state index is 12.2. The van der Waals surface area contributed by atoms with Gasteiger partial charge in [0, 0.05) is 31.0 Å². The van der Waals surface area contributed by atoms with Crippen molar-refractivity contribution in [1.29, 1.82) is 0 Å². The van der Waals surface area contributed by atoms with Gasteiger partial charge in [0.15, 0.2) is 0 Å². The van der Waals surface area contributed by atoms with Crippen LogP contribution in [-0.4, -0.2) is 37.4 Å². The van der Waals surface area contributed by atoms with Crippen LogP contribution in [0.3, 0.4) is 0 Å². The first kappa shape index (κ1) is 16.5. The zero-order valence-electron chi connectivity index (χ0n) is 13.6. The zero-order valence-corrected chi connectivity index (χ0v) is 13.6. The number of benzene rings is 2. The molecule has 5 nitrogen and oxygen atoms in total. The van der Waals surface area contributed by atoms with Crippen LogP contribution in [0.2, 0.25) is 0 Å². The minimum absolute atomic E-state index is 0.0110. The summed E-state index contributed by atoms with van der Waals surface area (Å²) < 4.78 is 0. The predicted octanol–water partition coefficient (Wildman–Crippen LogP) is 2.75. The molecule has 0 spiro atoms. The van der Waals surface area contributed by atoms with E-state index in [4.69, 9.17) is 0 Å². The van der Waals surface area contributed by atoms with Crippen molar-refractivity contribution < 1.29 is 9.59 Å². The number of anilines is 2. The van der Waals surface area contributed by atoms with Crippen molar-refractivity contribution in [3.63, 3.8) is 0 Å². The molecule has 2 N–H and O–H groups in total. The molecule has 0 heterocycles. The van der Waals surface area contributed by atoms with E-state index in [1.807, 2.05) is 43.3 Å². The second kappa shape index (κ2) is 7.45. The normalized spacial score (nSPS) is 10.0. The summed E-state index contributed by atoms with van der Waals surface area (Å²) in [5.41, 5.74) is 3.05. The van der Waals surface area contributed by atoms with Crippen LogP contribution in [0.25, 0.3) is 0 Å². The molecule has 2 amide bonds. The summed E-state index contributed by atoms with van der Waals surface area (Å²) in [6, 6.07) is 14.6. The number of nitrogens with zero attached hydrogens (tertiary/aromatic N) is 1. The summed E-state index contributed by atoms with van der Waals surface area (Å²) in [4.78, 5) is 25.4. The number of nitrogens with one attached hydrogen (secondary N) is 2. The van der Waals surface area contributed by atoms with E-state index >= 15 is 0 Å². The lowest BCUT2D eigenvalue weighted by Gasteiger charge is -2.15. The minimum atomic E-state index is -0.157. The minimum Gasteiger partial charge on any atom is -0.376 e. The number of hydrogen-bond acceptors (Lipinski definition) is 3. The molecule has 5 heteroatoms. The average molecular weight is 311 g/mol. The van der Waals surface area contributed by atoms with Crippen molar-refractivity contribution in [3.05, 3.63) is 59.7 Å². The SMILES string of the molecule is Cc1c(NCC(=O)N(C)C)cccc1NC(=O)c1ccccc1. The van der Waals surface area contributed by atoms with Gasteiger partial charge < -0.3 is 15.5 Å². The van der Waals surface area contributed by atoms with Gasteiger partial charge in [-0.1, -0.05) is 24.3 Å². The van der Waals surface area contributed by atoms with Crippen LogP contribution in [-0.2, 0) is 4.79 Å². The van der Waals surface area contributed by atoms with Crippen LogP contribution in [0.5, 0.6) is 0 Å². The van der Waals surface area contributed by atoms with Gasteiger partial charge in [0.2, 0.25) is 5.91 Å². The maximum absolute atomic E-state index is 12.2.